The highest BCUT2D eigenvalue weighted by molar-refractivity contribution is 5.76. The molecule has 0 amide bonds. The lowest BCUT2D eigenvalue weighted by Crippen LogP contribution is -2.28. The van der Waals surface area contributed by atoms with Crippen LogP contribution in [-0.2, 0) is 32.7 Å². The zero-order valence-electron chi connectivity index (χ0n) is 14.1. The zero-order valence-corrected chi connectivity index (χ0v) is 14.1. The van der Waals surface area contributed by atoms with Gasteiger partial charge in [-0.05, 0) is 20.8 Å². The van der Waals surface area contributed by atoms with Gasteiger partial charge >= 0.3 is 11.9 Å². The Morgan fingerprint density at radius 1 is 1.25 bits per heavy atom. The van der Waals surface area contributed by atoms with Crippen LogP contribution < -0.4 is 5.56 Å². The Kier molecular flexibility index (Phi) is 5.01. The van der Waals surface area contributed by atoms with Crippen LogP contribution in [0.1, 0.15) is 27.2 Å². The molecule has 0 aromatic carbocycles. The highest BCUT2D eigenvalue weighted by Crippen LogP contribution is 2.07. The summed E-state index contributed by atoms with van der Waals surface area (Å²) in [6.45, 7) is 4.82. The van der Waals surface area contributed by atoms with Gasteiger partial charge in [-0.15, -0.1) is 0 Å². The number of aryl methyl sites for hydroxylation is 2. The average molecular weight is 336 g/mol. The number of nitrogens with zero attached hydrogens (tertiary/aromatic N) is 4. The third kappa shape index (κ3) is 4.40. The smallest absolute Gasteiger partial charge is 0.344 e. The van der Waals surface area contributed by atoms with Crippen LogP contribution in [0.3, 0.4) is 0 Å². The quantitative estimate of drug-likeness (QED) is 0.728. The van der Waals surface area contributed by atoms with Gasteiger partial charge in [0.05, 0.1) is 18.9 Å². The number of carbonyl (C=O) groups excluding carboxylic acids is 2. The van der Waals surface area contributed by atoms with Gasteiger partial charge in [-0.3, -0.25) is 18.8 Å². The molecule has 0 aliphatic rings. The van der Waals surface area contributed by atoms with E-state index in [0.717, 1.165) is 0 Å². The van der Waals surface area contributed by atoms with E-state index in [0.29, 0.717) is 11.0 Å². The molecule has 0 bridgehead atoms. The van der Waals surface area contributed by atoms with Crippen molar-refractivity contribution in [1.29, 1.82) is 0 Å². The number of fused-ring (bicyclic) bond motifs is 1. The van der Waals surface area contributed by atoms with E-state index in [1.54, 1.807) is 27.8 Å². The zero-order chi connectivity index (χ0) is 17.9. The first kappa shape index (κ1) is 17.6. The summed E-state index contributed by atoms with van der Waals surface area (Å²) >= 11 is 0. The summed E-state index contributed by atoms with van der Waals surface area (Å²) in [4.78, 5) is 39.5. The third-order valence-electron chi connectivity index (χ3n) is 3.05. The van der Waals surface area contributed by atoms with Crippen LogP contribution in [0.5, 0.6) is 0 Å². The van der Waals surface area contributed by atoms with Crippen LogP contribution in [0, 0.1) is 0 Å². The molecule has 0 aliphatic carbocycles. The summed E-state index contributed by atoms with van der Waals surface area (Å²) in [7, 11) is 1.69. The van der Waals surface area contributed by atoms with Crippen molar-refractivity contribution < 1.29 is 19.1 Å². The largest absolute Gasteiger partial charge is 0.457 e. The molecule has 9 heteroatoms. The summed E-state index contributed by atoms with van der Waals surface area (Å²) in [5.41, 5.74) is -0.446. The Hall–Kier alpha value is -2.71. The fourth-order valence-electron chi connectivity index (χ4n) is 2.02. The Labute approximate surface area is 138 Å². The number of hydrogen-bond acceptors (Lipinski definition) is 7. The Morgan fingerprint density at radius 2 is 1.96 bits per heavy atom. The number of hydrogen-bond donors (Lipinski definition) is 0. The second kappa shape index (κ2) is 6.81. The van der Waals surface area contributed by atoms with Gasteiger partial charge in [0.15, 0.2) is 12.3 Å². The van der Waals surface area contributed by atoms with Crippen molar-refractivity contribution in [2.75, 3.05) is 6.61 Å². The van der Waals surface area contributed by atoms with Gasteiger partial charge in [0, 0.05) is 13.6 Å². The molecule has 24 heavy (non-hydrogen) atoms. The van der Waals surface area contributed by atoms with Crippen molar-refractivity contribution in [2.45, 2.75) is 39.3 Å². The number of carbonyl (C=O) groups is 2. The van der Waals surface area contributed by atoms with Crippen LogP contribution in [0.25, 0.3) is 11.0 Å². The first-order valence-electron chi connectivity index (χ1n) is 7.42. The molecule has 0 aliphatic heterocycles. The minimum absolute atomic E-state index is 0.0594. The predicted molar refractivity (Wildman–Crippen MR) is 84.2 cm³/mol. The second-order valence-corrected chi connectivity index (χ2v) is 6.25. The van der Waals surface area contributed by atoms with E-state index in [9.17, 15) is 14.4 Å². The minimum Gasteiger partial charge on any atom is -0.457 e. The molecule has 2 rings (SSSR count). The standard InChI is InChI=1S/C15H20N4O5/c1-15(2,3)24-12(21)8-23-11(20)5-6-19-9-16-13-10(14(19)22)7-17-18(13)4/h7,9H,5-6,8H2,1-4H3. The van der Waals surface area contributed by atoms with Crippen LogP contribution in [-0.4, -0.2) is 43.5 Å². The predicted octanol–water partition coefficient (Wildman–Crippen LogP) is 0.405. The third-order valence-corrected chi connectivity index (χ3v) is 3.05. The summed E-state index contributed by atoms with van der Waals surface area (Å²) in [6, 6.07) is 0. The SMILES string of the molecule is Cn1ncc2c(=O)n(CCC(=O)OCC(=O)OC(C)(C)C)cnc21. The molecule has 0 saturated heterocycles. The van der Waals surface area contributed by atoms with E-state index in [1.165, 1.54) is 21.8 Å². The number of ether oxygens (including phenoxy) is 2. The van der Waals surface area contributed by atoms with E-state index in [2.05, 4.69) is 10.1 Å². The monoisotopic (exact) mass is 336 g/mol. The summed E-state index contributed by atoms with van der Waals surface area (Å²) < 4.78 is 12.7. The van der Waals surface area contributed by atoms with Crippen molar-refractivity contribution in [2.24, 2.45) is 7.05 Å². The maximum Gasteiger partial charge on any atom is 0.344 e. The molecule has 0 spiro atoms. The number of rotatable bonds is 5. The molecule has 0 radical (unpaired) electrons. The van der Waals surface area contributed by atoms with E-state index < -0.39 is 24.1 Å². The van der Waals surface area contributed by atoms with Gasteiger partial charge in [-0.2, -0.15) is 5.10 Å². The molecule has 130 valence electrons. The Bertz CT molecular complexity index is 815. The highest BCUT2D eigenvalue weighted by atomic mass is 16.6. The summed E-state index contributed by atoms with van der Waals surface area (Å²) in [5, 5.41) is 4.35. The van der Waals surface area contributed by atoms with E-state index in [-0.39, 0.29) is 18.5 Å². The van der Waals surface area contributed by atoms with Crippen molar-refractivity contribution >= 4 is 23.0 Å². The lowest BCUT2D eigenvalue weighted by atomic mass is 10.2. The Balaban J connectivity index is 1.89. The molecule has 9 nitrogen and oxygen atoms in total. The van der Waals surface area contributed by atoms with Crippen LogP contribution >= 0.6 is 0 Å². The van der Waals surface area contributed by atoms with Crippen molar-refractivity contribution in [3.63, 3.8) is 0 Å². The lowest BCUT2D eigenvalue weighted by molar-refractivity contribution is -0.166. The second-order valence-electron chi connectivity index (χ2n) is 6.25. The van der Waals surface area contributed by atoms with Gasteiger partial charge in [-0.25, -0.2) is 9.78 Å². The fourth-order valence-corrected chi connectivity index (χ4v) is 2.02. The molecule has 0 atom stereocenters. The fraction of sp³-hybridized carbons (Fsp3) is 0.533. The minimum atomic E-state index is -0.637. The van der Waals surface area contributed by atoms with Gasteiger partial charge in [0.1, 0.15) is 11.0 Å². The highest BCUT2D eigenvalue weighted by Gasteiger charge is 2.17. The molecule has 0 unspecified atom stereocenters. The molecule has 0 fully saturated rings. The van der Waals surface area contributed by atoms with Gasteiger partial charge in [-0.1, -0.05) is 0 Å². The van der Waals surface area contributed by atoms with Gasteiger partial charge in [0.2, 0.25) is 0 Å². The first-order valence-corrected chi connectivity index (χ1v) is 7.42. The molecule has 2 heterocycles. The maximum absolute atomic E-state index is 12.2. The average Bonchev–Trinajstić information content (AvgIpc) is 2.85. The molecule has 2 aromatic rings. The van der Waals surface area contributed by atoms with Gasteiger partial charge in [0.25, 0.3) is 5.56 Å². The van der Waals surface area contributed by atoms with Crippen molar-refractivity contribution in [3.8, 4) is 0 Å². The van der Waals surface area contributed by atoms with E-state index in [1.807, 2.05) is 0 Å². The molecule has 2 aromatic heterocycles. The molecule has 0 saturated carbocycles. The molecular weight excluding hydrogens is 316 g/mol. The number of aromatic nitrogens is 4. The number of esters is 2. The molecule has 0 N–H and O–H groups in total. The summed E-state index contributed by atoms with van der Waals surface area (Å²) in [6.07, 6.45) is 2.73. The Morgan fingerprint density at radius 3 is 2.62 bits per heavy atom. The van der Waals surface area contributed by atoms with Crippen LogP contribution in [0.4, 0.5) is 0 Å². The van der Waals surface area contributed by atoms with E-state index in [4.69, 9.17) is 9.47 Å². The topological polar surface area (TPSA) is 105 Å². The lowest BCUT2D eigenvalue weighted by Gasteiger charge is -2.19. The van der Waals surface area contributed by atoms with Crippen molar-refractivity contribution in [1.82, 2.24) is 19.3 Å². The normalized spacial score (nSPS) is 11.5. The maximum atomic E-state index is 12.2. The van der Waals surface area contributed by atoms with Crippen molar-refractivity contribution in [3.05, 3.63) is 22.9 Å². The summed E-state index contributed by atoms with van der Waals surface area (Å²) in [5.74, 6) is -1.22. The van der Waals surface area contributed by atoms with Crippen LogP contribution in [0.15, 0.2) is 17.3 Å². The first-order chi connectivity index (χ1) is 11.2. The van der Waals surface area contributed by atoms with Crippen LogP contribution in [0.2, 0.25) is 0 Å². The molecular formula is C15H20N4O5. The van der Waals surface area contributed by atoms with Gasteiger partial charge < -0.3 is 9.47 Å². The van der Waals surface area contributed by atoms with E-state index >= 15 is 0 Å².